The number of aryl methyl sites for hydroxylation is 1. The number of aromatic nitrogens is 2. The first-order valence-corrected chi connectivity index (χ1v) is 9.65. The van der Waals surface area contributed by atoms with Gasteiger partial charge in [-0.05, 0) is 38.1 Å². The van der Waals surface area contributed by atoms with Crippen LogP contribution in [0.3, 0.4) is 0 Å². The molecule has 3 aromatic rings. The normalized spacial score (nSPS) is 15.3. The summed E-state index contributed by atoms with van der Waals surface area (Å²) in [5.74, 6) is -0.246. The molecule has 0 fully saturated rings. The van der Waals surface area contributed by atoms with Crippen LogP contribution in [0.1, 0.15) is 11.4 Å². The Labute approximate surface area is 174 Å². The Morgan fingerprint density at radius 2 is 1.83 bits per heavy atom. The van der Waals surface area contributed by atoms with Crippen LogP contribution in [0, 0.1) is 13.8 Å². The second-order valence-corrected chi connectivity index (χ2v) is 7.20. The minimum Gasteiger partial charge on any atom is -0.477 e. The highest BCUT2D eigenvalue weighted by molar-refractivity contribution is 5.96. The first kappa shape index (κ1) is 19.5. The molecular formula is C22H23N5O3. The number of rotatable bonds is 5. The summed E-state index contributed by atoms with van der Waals surface area (Å²) >= 11 is 0. The van der Waals surface area contributed by atoms with E-state index in [4.69, 9.17) is 10.5 Å². The van der Waals surface area contributed by atoms with Crippen molar-refractivity contribution in [3.8, 4) is 11.4 Å². The quantitative estimate of drug-likeness (QED) is 0.677. The SMILES string of the molecule is Cc1nn(-c2ccccc2)c(C)c1NC(=O)CN1C[C@@H](C(N)=O)Oc2ccccc21. The number of nitrogens with zero attached hydrogens (tertiary/aromatic N) is 3. The summed E-state index contributed by atoms with van der Waals surface area (Å²) in [5.41, 5.74) is 9.35. The van der Waals surface area contributed by atoms with Crippen molar-refractivity contribution in [2.45, 2.75) is 20.0 Å². The Balaban J connectivity index is 1.54. The number of primary amides is 1. The molecule has 3 N–H and O–H groups in total. The predicted octanol–water partition coefficient (Wildman–Crippen LogP) is 2.18. The smallest absolute Gasteiger partial charge is 0.260 e. The summed E-state index contributed by atoms with van der Waals surface area (Å²) in [6.45, 7) is 4.03. The number of carbonyl (C=O) groups is 2. The van der Waals surface area contributed by atoms with Crippen LogP contribution < -0.4 is 20.7 Å². The molecule has 0 spiro atoms. The van der Waals surface area contributed by atoms with Crippen LogP contribution in [0.25, 0.3) is 5.69 Å². The fourth-order valence-electron chi connectivity index (χ4n) is 3.60. The van der Waals surface area contributed by atoms with Gasteiger partial charge >= 0.3 is 0 Å². The highest BCUT2D eigenvalue weighted by Gasteiger charge is 2.30. The highest BCUT2D eigenvalue weighted by atomic mass is 16.5. The van der Waals surface area contributed by atoms with Crippen molar-refractivity contribution in [2.24, 2.45) is 5.73 Å². The van der Waals surface area contributed by atoms with Gasteiger partial charge in [0.2, 0.25) is 5.91 Å². The fraction of sp³-hybridized carbons (Fsp3) is 0.227. The third-order valence-corrected chi connectivity index (χ3v) is 5.07. The zero-order chi connectivity index (χ0) is 21.3. The zero-order valence-corrected chi connectivity index (χ0v) is 16.8. The molecule has 4 rings (SSSR count). The summed E-state index contributed by atoms with van der Waals surface area (Å²) < 4.78 is 7.46. The van der Waals surface area contributed by atoms with Gasteiger partial charge in [-0.2, -0.15) is 5.10 Å². The van der Waals surface area contributed by atoms with E-state index in [0.29, 0.717) is 11.4 Å². The number of carbonyl (C=O) groups excluding carboxylic acids is 2. The number of hydrogen-bond donors (Lipinski definition) is 2. The molecule has 1 aliphatic rings. The Hall–Kier alpha value is -3.81. The molecule has 8 nitrogen and oxygen atoms in total. The van der Waals surface area contributed by atoms with Crippen molar-refractivity contribution in [1.82, 2.24) is 9.78 Å². The van der Waals surface area contributed by atoms with Gasteiger partial charge in [-0.15, -0.1) is 0 Å². The maximum absolute atomic E-state index is 12.9. The topological polar surface area (TPSA) is 102 Å². The first-order chi connectivity index (χ1) is 14.4. The van der Waals surface area contributed by atoms with E-state index in [0.717, 1.165) is 22.8 Å². The van der Waals surface area contributed by atoms with Crippen LogP contribution in [0.2, 0.25) is 0 Å². The summed E-state index contributed by atoms with van der Waals surface area (Å²) in [7, 11) is 0. The van der Waals surface area contributed by atoms with Crippen LogP contribution >= 0.6 is 0 Å². The Bertz CT molecular complexity index is 1090. The van der Waals surface area contributed by atoms with Crippen molar-refractivity contribution in [1.29, 1.82) is 0 Å². The number of hydrogen-bond acceptors (Lipinski definition) is 5. The monoisotopic (exact) mass is 405 g/mol. The molecule has 0 radical (unpaired) electrons. The molecule has 1 aliphatic heterocycles. The van der Waals surface area contributed by atoms with Gasteiger partial charge in [-0.1, -0.05) is 30.3 Å². The Morgan fingerprint density at radius 1 is 1.13 bits per heavy atom. The Kier molecular flexibility index (Phi) is 5.14. The van der Waals surface area contributed by atoms with Gasteiger partial charge in [0.05, 0.1) is 41.5 Å². The largest absolute Gasteiger partial charge is 0.477 e. The highest BCUT2D eigenvalue weighted by Crippen LogP contribution is 2.33. The first-order valence-electron chi connectivity index (χ1n) is 9.65. The van der Waals surface area contributed by atoms with Crippen molar-refractivity contribution in [3.63, 3.8) is 0 Å². The van der Waals surface area contributed by atoms with E-state index >= 15 is 0 Å². The van der Waals surface area contributed by atoms with E-state index in [1.54, 1.807) is 15.6 Å². The average molecular weight is 405 g/mol. The molecule has 0 bridgehead atoms. The van der Waals surface area contributed by atoms with Crippen LogP contribution in [0.5, 0.6) is 5.75 Å². The average Bonchev–Trinajstić information content (AvgIpc) is 3.02. The lowest BCUT2D eigenvalue weighted by molar-refractivity contribution is -0.125. The van der Waals surface area contributed by atoms with Gasteiger partial charge < -0.3 is 20.7 Å². The van der Waals surface area contributed by atoms with E-state index in [-0.39, 0.29) is 19.0 Å². The van der Waals surface area contributed by atoms with Crippen LogP contribution in [-0.4, -0.2) is 40.8 Å². The summed E-state index contributed by atoms with van der Waals surface area (Å²) in [6.07, 6.45) is -0.808. The lowest BCUT2D eigenvalue weighted by atomic mass is 10.1. The molecule has 8 heteroatoms. The predicted molar refractivity (Wildman–Crippen MR) is 114 cm³/mol. The number of ether oxygens (including phenoxy) is 1. The number of fused-ring (bicyclic) bond motifs is 1. The van der Waals surface area contributed by atoms with Crippen molar-refractivity contribution in [2.75, 3.05) is 23.3 Å². The van der Waals surface area contributed by atoms with E-state index in [1.807, 2.05) is 62.4 Å². The molecule has 0 saturated carbocycles. The molecule has 0 unspecified atom stereocenters. The summed E-state index contributed by atoms with van der Waals surface area (Å²) in [4.78, 5) is 26.3. The van der Waals surface area contributed by atoms with Crippen LogP contribution in [0.15, 0.2) is 54.6 Å². The van der Waals surface area contributed by atoms with Gasteiger partial charge in [0.25, 0.3) is 5.91 Å². The second-order valence-electron chi connectivity index (χ2n) is 7.20. The third-order valence-electron chi connectivity index (χ3n) is 5.07. The maximum Gasteiger partial charge on any atom is 0.260 e. The number of amides is 2. The third kappa shape index (κ3) is 3.71. The molecule has 30 heavy (non-hydrogen) atoms. The van der Waals surface area contributed by atoms with Gasteiger partial charge in [-0.3, -0.25) is 9.59 Å². The lowest BCUT2D eigenvalue weighted by Crippen LogP contribution is -2.49. The minimum absolute atomic E-state index is 0.0551. The summed E-state index contributed by atoms with van der Waals surface area (Å²) in [6, 6.07) is 17.0. The van der Waals surface area contributed by atoms with Gasteiger partial charge in [-0.25, -0.2) is 4.68 Å². The van der Waals surface area contributed by atoms with Gasteiger partial charge in [0.1, 0.15) is 5.75 Å². The molecule has 2 aromatic carbocycles. The molecule has 0 saturated heterocycles. The van der Waals surface area contributed by atoms with Crippen LogP contribution in [-0.2, 0) is 9.59 Å². The number of nitrogens with two attached hydrogens (primary N) is 1. The molecule has 2 heterocycles. The number of nitrogens with one attached hydrogen (secondary N) is 1. The molecule has 154 valence electrons. The molecular weight excluding hydrogens is 382 g/mol. The van der Waals surface area contributed by atoms with E-state index in [2.05, 4.69) is 10.4 Å². The van der Waals surface area contributed by atoms with Crippen molar-refractivity contribution < 1.29 is 14.3 Å². The lowest BCUT2D eigenvalue weighted by Gasteiger charge is -2.34. The van der Waals surface area contributed by atoms with Crippen molar-refractivity contribution >= 4 is 23.2 Å². The standard InChI is InChI=1S/C22H23N5O3/c1-14-21(15(2)27(25-14)16-8-4-3-5-9-16)24-20(28)13-26-12-19(22(23)29)30-18-11-7-6-10-17(18)26/h3-11,19H,12-13H2,1-2H3,(H2,23,29)(H,24,28)/t19-/m0/s1. The molecule has 1 aromatic heterocycles. The zero-order valence-electron chi connectivity index (χ0n) is 16.8. The minimum atomic E-state index is -0.808. The number of benzene rings is 2. The van der Waals surface area contributed by atoms with Crippen molar-refractivity contribution in [3.05, 3.63) is 66.0 Å². The fourth-order valence-corrected chi connectivity index (χ4v) is 3.60. The maximum atomic E-state index is 12.9. The summed E-state index contributed by atoms with van der Waals surface area (Å²) in [5, 5.41) is 7.53. The van der Waals surface area contributed by atoms with E-state index in [9.17, 15) is 9.59 Å². The Morgan fingerprint density at radius 3 is 2.57 bits per heavy atom. The second kappa shape index (κ2) is 7.90. The molecule has 2 amide bonds. The van der Waals surface area contributed by atoms with E-state index < -0.39 is 12.0 Å². The molecule has 0 aliphatic carbocycles. The van der Waals surface area contributed by atoms with Gasteiger partial charge in [0.15, 0.2) is 6.10 Å². The number of para-hydroxylation sites is 3. The molecule has 1 atom stereocenters. The van der Waals surface area contributed by atoms with Gasteiger partial charge in [0, 0.05) is 0 Å². The van der Waals surface area contributed by atoms with Crippen LogP contribution in [0.4, 0.5) is 11.4 Å². The van der Waals surface area contributed by atoms with E-state index in [1.165, 1.54) is 0 Å². The number of anilines is 2.